The van der Waals surface area contributed by atoms with Crippen molar-refractivity contribution >= 4 is 17.8 Å². The van der Waals surface area contributed by atoms with Gasteiger partial charge in [-0.05, 0) is 25.8 Å². The molecule has 2 aliphatic rings. The zero-order valence-electron chi connectivity index (χ0n) is 14.1. The third-order valence-corrected chi connectivity index (χ3v) is 4.06. The molecule has 0 radical (unpaired) electrons. The lowest BCUT2D eigenvalue weighted by Crippen LogP contribution is -2.53. The fourth-order valence-corrected chi connectivity index (χ4v) is 2.65. The van der Waals surface area contributed by atoms with E-state index >= 15 is 0 Å². The van der Waals surface area contributed by atoms with Crippen molar-refractivity contribution in [2.75, 3.05) is 44.2 Å². The van der Waals surface area contributed by atoms with Crippen molar-refractivity contribution in [3.63, 3.8) is 0 Å². The van der Waals surface area contributed by atoms with Crippen LogP contribution in [0.2, 0.25) is 0 Å². The molecule has 1 amide bonds. The van der Waals surface area contributed by atoms with Gasteiger partial charge in [0.05, 0.1) is 0 Å². The minimum absolute atomic E-state index is 0.00391. The molecule has 1 aliphatic carbocycles. The largest absolute Gasteiger partial charge is 0.357 e. The van der Waals surface area contributed by atoms with Crippen LogP contribution in [0, 0.1) is 0 Å². The third kappa shape index (κ3) is 4.56. The molecule has 2 heterocycles. The van der Waals surface area contributed by atoms with E-state index in [0.29, 0.717) is 6.04 Å². The first-order chi connectivity index (χ1) is 11.8. The Morgan fingerprint density at radius 1 is 1.25 bits per heavy atom. The van der Waals surface area contributed by atoms with Gasteiger partial charge in [0.15, 0.2) is 5.96 Å². The van der Waals surface area contributed by atoms with Gasteiger partial charge < -0.3 is 20.4 Å². The van der Waals surface area contributed by atoms with E-state index in [1.54, 1.807) is 12.4 Å². The van der Waals surface area contributed by atoms with Crippen LogP contribution in [0.15, 0.2) is 23.5 Å². The third-order valence-electron chi connectivity index (χ3n) is 4.06. The van der Waals surface area contributed by atoms with E-state index in [-0.39, 0.29) is 12.5 Å². The summed E-state index contributed by atoms with van der Waals surface area (Å²) in [7, 11) is 0. The Labute approximate surface area is 142 Å². The molecule has 0 spiro atoms. The Hall–Kier alpha value is -2.38. The van der Waals surface area contributed by atoms with Gasteiger partial charge in [0.2, 0.25) is 11.9 Å². The molecule has 8 nitrogen and oxygen atoms in total. The van der Waals surface area contributed by atoms with E-state index in [2.05, 4.69) is 35.4 Å². The van der Waals surface area contributed by atoms with Crippen LogP contribution in [0.3, 0.4) is 0 Å². The maximum atomic E-state index is 11.8. The van der Waals surface area contributed by atoms with Crippen molar-refractivity contribution in [3.8, 4) is 0 Å². The van der Waals surface area contributed by atoms with Gasteiger partial charge in [-0.2, -0.15) is 0 Å². The number of anilines is 1. The molecule has 0 bridgehead atoms. The highest BCUT2D eigenvalue weighted by molar-refractivity contribution is 5.85. The Balaban J connectivity index is 1.53. The monoisotopic (exact) mass is 331 g/mol. The van der Waals surface area contributed by atoms with Crippen molar-refractivity contribution < 1.29 is 4.79 Å². The fraction of sp³-hybridized carbons (Fsp3) is 0.625. The normalized spacial score (nSPS) is 18.5. The molecule has 2 fully saturated rings. The number of rotatable bonds is 5. The molecule has 0 atom stereocenters. The summed E-state index contributed by atoms with van der Waals surface area (Å²) in [6, 6.07) is 2.20. The van der Waals surface area contributed by atoms with Crippen LogP contribution >= 0.6 is 0 Å². The van der Waals surface area contributed by atoms with Crippen molar-refractivity contribution in [1.82, 2.24) is 25.5 Å². The molecule has 2 N–H and O–H groups in total. The smallest absolute Gasteiger partial charge is 0.242 e. The highest BCUT2D eigenvalue weighted by atomic mass is 16.2. The number of hydrogen-bond donors (Lipinski definition) is 2. The van der Waals surface area contributed by atoms with E-state index in [0.717, 1.165) is 57.5 Å². The lowest BCUT2D eigenvalue weighted by Gasteiger charge is -2.36. The summed E-state index contributed by atoms with van der Waals surface area (Å²) in [6.45, 7) is 6.33. The lowest BCUT2D eigenvalue weighted by atomic mass is 10.3. The summed E-state index contributed by atoms with van der Waals surface area (Å²) in [5.74, 6) is 1.57. The molecule has 24 heavy (non-hydrogen) atoms. The Morgan fingerprint density at radius 2 is 1.96 bits per heavy atom. The molecular formula is C16H25N7O. The number of carbonyl (C=O) groups is 1. The molecule has 1 saturated carbocycles. The van der Waals surface area contributed by atoms with E-state index in [1.807, 2.05) is 13.0 Å². The predicted octanol–water partition coefficient (Wildman–Crippen LogP) is -0.157. The number of piperazine rings is 1. The second-order valence-electron chi connectivity index (χ2n) is 6.03. The highest BCUT2D eigenvalue weighted by Gasteiger charge is 2.24. The fourth-order valence-electron chi connectivity index (χ4n) is 2.65. The maximum absolute atomic E-state index is 11.8. The lowest BCUT2D eigenvalue weighted by molar-refractivity contribution is -0.119. The number of hydrogen-bond acceptors (Lipinski definition) is 5. The number of guanidine groups is 1. The minimum atomic E-state index is 0.00391. The standard InChI is InChI=1S/C16H25N7O/c1-2-17-15(20-12-14(24)21-13-4-5-13)22-8-10-23(11-9-22)16-18-6-3-7-19-16/h3,6-7,13H,2,4-5,8-12H2,1H3,(H,17,20)(H,21,24). The molecule has 1 aliphatic heterocycles. The quantitative estimate of drug-likeness (QED) is 0.576. The van der Waals surface area contributed by atoms with Crippen LogP contribution in [-0.2, 0) is 4.79 Å². The minimum Gasteiger partial charge on any atom is -0.357 e. The summed E-state index contributed by atoms with van der Waals surface area (Å²) in [4.78, 5) is 29.3. The van der Waals surface area contributed by atoms with Gasteiger partial charge in [0.25, 0.3) is 0 Å². The topological polar surface area (TPSA) is 85.8 Å². The van der Waals surface area contributed by atoms with Crippen molar-refractivity contribution in [3.05, 3.63) is 18.5 Å². The first-order valence-electron chi connectivity index (χ1n) is 8.61. The van der Waals surface area contributed by atoms with Gasteiger partial charge in [0.1, 0.15) is 6.54 Å². The number of nitrogens with one attached hydrogen (secondary N) is 2. The molecule has 0 aromatic carbocycles. The van der Waals surface area contributed by atoms with E-state index in [9.17, 15) is 4.79 Å². The van der Waals surface area contributed by atoms with Gasteiger partial charge in [-0.25, -0.2) is 15.0 Å². The van der Waals surface area contributed by atoms with Gasteiger partial charge in [-0.15, -0.1) is 0 Å². The number of amides is 1. The van der Waals surface area contributed by atoms with Gasteiger partial charge in [-0.1, -0.05) is 0 Å². The molecule has 1 aromatic heterocycles. The van der Waals surface area contributed by atoms with Crippen LogP contribution < -0.4 is 15.5 Å². The number of carbonyl (C=O) groups excluding carboxylic acids is 1. The molecular weight excluding hydrogens is 306 g/mol. The van der Waals surface area contributed by atoms with Crippen molar-refractivity contribution in [2.24, 2.45) is 4.99 Å². The summed E-state index contributed by atoms with van der Waals surface area (Å²) >= 11 is 0. The summed E-state index contributed by atoms with van der Waals surface area (Å²) in [6.07, 6.45) is 5.72. The van der Waals surface area contributed by atoms with Crippen LogP contribution in [0.25, 0.3) is 0 Å². The first kappa shape index (κ1) is 16.5. The molecule has 1 saturated heterocycles. The number of aliphatic imine (C=N–C) groups is 1. The zero-order chi connectivity index (χ0) is 16.8. The first-order valence-corrected chi connectivity index (χ1v) is 8.61. The van der Waals surface area contributed by atoms with Crippen LogP contribution in [0.1, 0.15) is 19.8 Å². The molecule has 1 aromatic rings. The van der Waals surface area contributed by atoms with Crippen LogP contribution in [0.4, 0.5) is 5.95 Å². The van der Waals surface area contributed by atoms with E-state index in [1.165, 1.54) is 0 Å². The highest BCUT2D eigenvalue weighted by Crippen LogP contribution is 2.18. The van der Waals surface area contributed by atoms with E-state index < -0.39 is 0 Å². The van der Waals surface area contributed by atoms with Crippen LogP contribution in [0.5, 0.6) is 0 Å². The molecule has 0 unspecified atom stereocenters. The Bertz CT molecular complexity index is 565. The SMILES string of the molecule is CCNC(=NCC(=O)NC1CC1)N1CCN(c2ncccn2)CC1. The Kier molecular flexibility index (Phi) is 5.45. The Morgan fingerprint density at radius 3 is 2.58 bits per heavy atom. The second kappa shape index (κ2) is 7.94. The maximum Gasteiger partial charge on any atom is 0.242 e. The zero-order valence-corrected chi connectivity index (χ0v) is 14.1. The van der Waals surface area contributed by atoms with Crippen molar-refractivity contribution in [1.29, 1.82) is 0 Å². The van der Waals surface area contributed by atoms with Crippen LogP contribution in [-0.4, -0.2) is 72.0 Å². The van der Waals surface area contributed by atoms with Gasteiger partial charge >= 0.3 is 0 Å². The average molecular weight is 331 g/mol. The summed E-state index contributed by atoms with van der Waals surface area (Å²) in [5.41, 5.74) is 0. The molecule has 3 rings (SSSR count). The van der Waals surface area contributed by atoms with Gasteiger partial charge in [0, 0.05) is 51.2 Å². The number of nitrogens with zero attached hydrogens (tertiary/aromatic N) is 5. The average Bonchev–Trinajstić information content (AvgIpc) is 3.43. The molecule has 8 heteroatoms. The summed E-state index contributed by atoms with van der Waals surface area (Å²) < 4.78 is 0. The van der Waals surface area contributed by atoms with E-state index in [4.69, 9.17) is 0 Å². The van der Waals surface area contributed by atoms with Crippen molar-refractivity contribution in [2.45, 2.75) is 25.8 Å². The number of aromatic nitrogens is 2. The van der Waals surface area contributed by atoms with Gasteiger partial charge in [-0.3, -0.25) is 4.79 Å². The second-order valence-corrected chi connectivity index (χ2v) is 6.03. The molecule has 130 valence electrons. The summed E-state index contributed by atoms with van der Waals surface area (Å²) in [5, 5.41) is 6.24. The predicted molar refractivity (Wildman–Crippen MR) is 93.0 cm³/mol.